The molecule has 0 aromatic carbocycles. The van der Waals surface area contributed by atoms with Gasteiger partial charge >= 0.3 is 6.18 Å². The molecule has 1 aromatic heterocycles. The quantitative estimate of drug-likeness (QED) is 0.852. The third-order valence-corrected chi connectivity index (χ3v) is 3.43. The number of hydrogen-bond donors (Lipinski definition) is 1. The van der Waals surface area contributed by atoms with Crippen molar-refractivity contribution in [2.24, 2.45) is 0 Å². The molecule has 1 aliphatic heterocycles. The number of aliphatic hydroxyl groups excluding tert-OH is 1. The first-order chi connectivity index (χ1) is 8.91. The summed E-state index contributed by atoms with van der Waals surface area (Å²) >= 11 is 5.67. The topological polar surface area (TPSA) is 36.4 Å². The molecular weight excluding hydrogens is 281 g/mol. The number of alkyl halides is 3. The van der Waals surface area contributed by atoms with Gasteiger partial charge in [0.1, 0.15) is 11.0 Å². The van der Waals surface area contributed by atoms with Gasteiger partial charge < -0.3 is 10.0 Å². The Labute approximate surface area is 114 Å². The Morgan fingerprint density at radius 3 is 2.74 bits per heavy atom. The van der Waals surface area contributed by atoms with Crippen LogP contribution in [0.25, 0.3) is 0 Å². The summed E-state index contributed by atoms with van der Waals surface area (Å²) < 4.78 is 38.2. The number of anilines is 1. The highest BCUT2D eigenvalue weighted by atomic mass is 35.5. The second-order valence-electron chi connectivity index (χ2n) is 4.56. The van der Waals surface area contributed by atoms with Crippen LogP contribution in [0.4, 0.5) is 19.0 Å². The first-order valence-electron chi connectivity index (χ1n) is 6.04. The van der Waals surface area contributed by atoms with E-state index in [9.17, 15) is 18.3 Å². The van der Waals surface area contributed by atoms with E-state index >= 15 is 0 Å². The van der Waals surface area contributed by atoms with Gasteiger partial charge in [0.15, 0.2) is 0 Å². The molecule has 19 heavy (non-hydrogen) atoms. The molecule has 1 saturated heterocycles. The van der Waals surface area contributed by atoms with Crippen LogP contribution in [-0.2, 0) is 6.18 Å². The molecule has 2 rings (SSSR count). The van der Waals surface area contributed by atoms with E-state index < -0.39 is 11.7 Å². The fourth-order valence-corrected chi connectivity index (χ4v) is 2.49. The van der Waals surface area contributed by atoms with E-state index in [1.165, 1.54) is 0 Å². The summed E-state index contributed by atoms with van der Waals surface area (Å²) in [6.07, 6.45) is -1.89. The Morgan fingerprint density at radius 2 is 2.11 bits per heavy atom. The summed E-state index contributed by atoms with van der Waals surface area (Å²) in [5, 5.41) is 9.11. The van der Waals surface area contributed by atoms with Crippen molar-refractivity contribution in [1.82, 2.24) is 4.98 Å². The van der Waals surface area contributed by atoms with E-state index in [1.54, 1.807) is 4.90 Å². The number of aromatic nitrogens is 1. The van der Waals surface area contributed by atoms with Crippen molar-refractivity contribution >= 4 is 17.4 Å². The molecule has 1 fully saturated rings. The lowest BCUT2D eigenvalue weighted by atomic mass is 10.0. The summed E-state index contributed by atoms with van der Waals surface area (Å²) in [5.41, 5.74) is -0.815. The summed E-state index contributed by atoms with van der Waals surface area (Å²) in [6.45, 7) is 0.478. The van der Waals surface area contributed by atoms with Gasteiger partial charge in [-0.15, -0.1) is 0 Å². The number of pyridine rings is 1. The predicted molar refractivity (Wildman–Crippen MR) is 66.3 cm³/mol. The highest BCUT2D eigenvalue weighted by Crippen LogP contribution is 2.34. The second-order valence-corrected chi connectivity index (χ2v) is 4.95. The van der Waals surface area contributed by atoms with Gasteiger partial charge in [-0.3, -0.25) is 0 Å². The highest BCUT2D eigenvalue weighted by molar-refractivity contribution is 6.29. The molecule has 0 aliphatic carbocycles. The molecule has 1 aromatic rings. The molecule has 1 atom stereocenters. The maximum Gasteiger partial charge on any atom is 0.416 e. The first-order valence-corrected chi connectivity index (χ1v) is 6.42. The first kappa shape index (κ1) is 14.4. The van der Waals surface area contributed by atoms with E-state index in [-0.39, 0.29) is 23.6 Å². The van der Waals surface area contributed by atoms with Crippen LogP contribution in [-0.4, -0.2) is 29.3 Å². The Balaban J connectivity index is 2.35. The summed E-state index contributed by atoms with van der Waals surface area (Å²) in [7, 11) is 0. The van der Waals surface area contributed by atoms with Crippen LogP contribution in [0.5, 0.6) is 0 Å². The predicted octanol–water partition coefficient (Wildman–Crippen LogP) is 3.11. The molecule has 0 amide bonds. The smallest absolute Gasteiger partial charge is 0.394 e. The molecule has 106 valence electrons. The SMILES string of the molecule is OCC1CCCCN1c1cc(C(F)(F)F)cc(Cl)n1. The Bertz CT molecular complexity index is 453. The third kappa shape index (κ3) is 3.30. The molecule has 0 spiro atoms. The maximum atomic E-state index is 12.7. The minimum Gasteiger partial charge on any atom is -0.394 e. The number of halogens is 4. The van der Waals surface area contributed by atoms with Crippen molar-refractivity contribution in [3.05, 3.63) is 22.8 Å². The minimum absolute atomic E-state index is 0.102. The van der Waals surface area contributed by atoms with E-state index in [0.29, 0.717) is 6.54 Å². The molecule has 0 bridgehead atoms. The van der Waals surface area contributed by atoms with Crippen LogP contribution in [0.3, 0.4) is 0 Å². The van der Waals surface area contributed by atoms with Gasteiger partial charge in [0, 0.05) is 6.54 Å². The summed E-state index contributed by atoms with van der Waals surface area (Å²) in [6, 6.07) is 1.60. The lowest BCUT2D eigenvalue weighted by Gasteiger charge is -2.35. The zero-order valence-electron chi connectivity index (χ0n) is 10.1. The van der Waals surface area contributed by atoms with Crippen molar-refractivity contribution in [3.8, 4) is 0 Å². The lowest BCUT2D eigenvalue weighted by Crippen LogP contribution is -2.42. The fourth-order valence-electron chi connectivity index (χ4n) is 2.29. The summed E-state index contributed by atoms with van der Waals surface area (Å²) in [5.74, 6) is 0.179. The standard InChI is InChI=1S/C12H14ClF3N2O/c13-10-5-8(12(14,15)16)6-11(17-10)18-4-2-1-3-9(18)7-19/h5-6,9,19H,1-4,7H2. The van der Waals surface area contributed by atoms with Crippen molar-refractivity contribution < 1.29 is 18.3 Å². The van der Waals surface area contributed by atoms with Crippen molar-refractivity contribution in [2.75, 3.05) is 18.1 Å². The number of aliphatic hydroxyl groups is 1. The van der Waals surface area contributed by atoms with Gasteiger partial charge in [-0.25, -0.2) is 4.98 Å². The Morgan fingerprint density at radius 1 is 1.37 bits per heavy atom. The van der Waals surface area contributed by atoms with Gasteiger partial charge in [-0.2, -0.15) is 13.2 Å². The number of rotatable bonds is 2. The van der Waals surface area contributed by atoms with Crippen LogP contribution in [0.15, 0.2) is 12.1 Å². The van der Waals surface area contributed by atoms with E-state index in [2.05, 4.69) is 4.98 Å². The van der Waals surface area contributed by atoms with Crippen LogP contribution in [0.2, 0.25) is 5.15 Å². The maximum absolute atomic E-state index is 12.7. The van der Waals surface area contributed by atoms with E-state index in [4.69, 9.17) is 11.6 Å². The van der Waals surface area contributed by atoms with Gasteiger partial charge in [0.25, 0.3) is 0 Å². The van der Waals surface area contributed by atoms with Gasteiger partial charge in [0.05, 0.1) is 18.2 Å². The largest absolute Gasteiger partial charge is 0.416 e. The van der Waals surface area contributed by atoms with Crippen molar-refractivity contribution in [3.63, 3.8) is 0 Å². The molecule has 3 nitrogen and oxygen atoms in total. The molecular formula is C12H14ClF3N2O. The van der Waals surface area contributed by atoms with Crippen LogP contribution in [0.1, 0.15) is 24.8 Å². The van der Waals surface area contributed by atoms with Crippen LogP contribution in [0, 0.1) is 0 Å². The van der Waals surface area contributed by atoms with Gasteiger partial charge in [-0.05, 0) is 31.4 Å². The fraction of sp³-hybridized carbons (Fsp3) is 0.583. The molecule has 1 aliphatic rings. The van der Waals surface area contributed by atoms with Crippen molar-refractivity contribution in [1.29, 1.82) is 0 Å². The second kappa shape index (κ2) is 5.54. The minimum atomic E-state index is -4.45. The highest BCUT2D eigenvalue weighted by Gasteiger charge is 2.33. The Hall–Kier alpha value is -1.01. The zero-order chi connectivity index (χ0) is 14.0. The van der Waals surface area contributed by atoms with E-state index in [1.807, 2.05) is 0 Å². The molecule has 2 heterocycles. The molecule has 0 saturated carbocycles. The van der Waals surface area contributed by atoms with Gasteiger partial charge in [-0.1, -0.05) is 11.6 Å². The van der Waals surface area contributed by atoms with Crippen molar-refractivity contribution in [2.45, 2.75) is 31.5 Å². The van der Waals surface area contributed by atoms with E-state index in [0.717, 1.165) is 31.4 Å². The molecule has 7 heteroatoms. The molecule has 1 N–H and O–H groups in total. The Kier molecular flexibility index (Phi) is 4.20. The molecule has 1 unspecified atom stereocenters. The number of nitrogens with zero attached hydrogens (tertiary/aromatic N) is 2. The van der Waals surface area contributed by atoms with Crippen LogP contribution < -0.4 is 4.90 Å². The number of piperidine rings is 1. The number of hydrogen-bond acceptors (Lipinski definition) is 3. The monoisotopic (exact) mass is 294 g/mol. The normalized spacial score (nSPS) is 20.7. The average Bonchev–Trinajstić information content (AvgIpc) is 2.37. The molecule has 0 radical (unpaired) electrons. The zero-order valence-corrected chi connectivity index (χ0v) is 10.9. The van der Waals surface area contributed by atoms with Crippen LogP contribution >= 0.6 is 11.6 Å². The lowest BCUT2D eigenvalue weighted by molar-refractivity contribution is -0.137. The van der Waals surface area contributed by atoms with Gasteiger partial charge in [0.2, 0.25) is 0 Å². The average molecular weight is 295 g/mol. The summed E-state index contributed by atoms with van der Waals surface area (Å²) in [4.78, 5) is 5.65. The third-order valence-electron chi connectivity index (χ3n) is 3.24.